The van der Waals surface area contributed by atoms with Gasteiger partial charge < -0.3 is 10.4 Å². The molecule has 2 fully saturated rings. The first-order valence-corrected chi connectivity index (χ1v) is 7.47. The van der Waals surface area contributed by atoms with Crippen molar-refractivity contribution in [2.75, 3.05) is 0 Å². The third kappa shape index (κ3) is 2.49. The zero-order valence-electron chi connectivity index (χ0n) is 10.5. The van der Waals surface area contributed by atoms with Crippen LogP contribution in [0.5, 0.6) is 0 Å². The first-order valence-electron chi connectivity index (χ1n) is 6.59. The highest BCUT2D eigenvalue weighted by atomic mass is 32.1. The molecule has 2 saturated carbocycles. The summed E-state index contributed by atoms with van der Waals surface area (Å²) in [4.78, 5) is 26.8. The molecule has 0 aromatic carbocycles. The van der Waals surface area contributed by atoms with Gasteiger partial charge in [0.1, 0.15) is 5.01 Å². The van der Waals surface area contributed by atoms with Crippen LogP contribution in [0.2, 0.25) is 0 Å². The fourth-order valence-corrected chi connectivity index (χ4v) is 4.06. The Bertz CT molecular complexity index is 514. The fraction of sp³-hybridized carbons (Fsp3) is 0.615. The molecular formula is C13H16N2O3S. The highest BCUT2D eigenvalue weighted by Gasteiger charge is 2.42. The van der Waals surface area contributed by atoms with Gasteiger partial charge in [-0.2, -0.15) is 0 Å². The van der Waals surface area contributed by atoms with Crippen molar-refractivity contribution < 1.29 is 14.7 Å². The second-order valence-corrected chi connectivity index (χ2v) is 6.37. The third-order valence-electron chi connectivity index (χ3n) is 4.26. The number of aromatic carboxylic acids is 1. The van der Waals surface area contributed by atoms with Gasteiger partial charge in [0, 0.05) is 11.3 Å². The summed E-state index contributed by atoms with van der Waals surface area (Å²) in [6.07, 6.45) is 4.69. The van der Waals surface area contributed by atoms with Crippen LogP contribution < -0.4 is 5.32 Å². The van der Waals surface area contributed by atoms with Crippen molar-refractivity contribution in [3.63, 3.8) is 0 Å². The maximum absolute atomic E-state index is 12.1. The van der Waals surface area contributed by atoms with Gasteiger partial charge in [-0.05, 0) is 31.1 Å². The summed E-state index contributed by atoms with van der Waals surface area (Å²) in [7, 11) is 0. The summed E-state index contributed by atoms with van der Waals surface area (Å²) in [5.74, 6) is 0.564. The first kappa shape index (κ1) is 12.6. The van der Waals surface area contributed by atoms with Crippen LogP contribution in [-0.4, -0.2) is 22.0 Å². The number of fused-ring (bicyclic) bond motifs is 2. The molecule has 0 radical (unpaired) electrons. The molecule has 2 aliphatic carbocycles. The molecular weight excluding hydrogens is 264 g/mol. The molecule has 102 valence electrons. The SMILES string of the molecule is O=C(O)c1csc(CNC(=O)[C@H]2C[C@H]3CC[C@H]2C3)n1. The topological polar surface area (TPSA) is 79.3 Å². The van der Waals surface area contributed by atoms with Gasteiger partial charge in [-0.15, -0.1) is 11.3 Å². The van der Waals surface area contributed by atoms with Gasteiger partial charge in [0.25, 0.3) is 0 Å². The number of carboxylic acid groups (broad SMARTS) is 1. The third-order valence-corrected chi connectivity index (χ3v) is 5.11. The van der Waals surface area contributed by atoms with Crippen molar-refractivity contribution in [1.82, 2.24) is 10.3 Å². The summed E-state index contributed by atoms with van der Waals surface area (Å²) in [6, 6.07) is 0. The molecule has 3 atom stereocenters. The number of carbonyl (C=O) groups is 2. The van der Waals surface area contributed by atoms with E-state index in [2.05, 4.69) is 10.3 Å². The van der Waals surface area contributed by atoms with E-state index in [0.29, 0.717) is 17.5 Å². The lowest BCUT2D eigenvalue weighted by Crippen LogP contribution is -2.33. The molecule has 2 aliphatic rings. The number of amides is 1. The van der Waals surface area contributed by atoms with E-state index in [1.165, 1.54) is 36.0 Å². The van der Waals surface area contributed by atoms with Gasteiger partial charge in [0.2, 0.25) is 5.91 Å². The lowest BCUT2D eigenvalue weighted by atomic mass is 9.88. The van der Waals surface area contributed by atoms with Gasteiger partial charge in [0.15, 0.2) is 5.69 Å². The van der Waals surface area contributed by atoms with E-state index in [1.807, 2.05) is 0 Å². The molecule has 3 rings (SSSR count). The van der Waals surface area contributed by atoms with E-state index >= 15 is 0 Å². The van der Waals surface area contributed by atoms with Crippen LogP contribution >= 0.6 is 11.3 Å². The molecule has 0 spiro atoms. The fourth-order valence-electron chi connectivity index (χ4n) is 3.35. The largest absolute Gasteiger partial charge is 0.476 e. The number of carbonyl (C=O) groups excluding carboxylic acids is 1. The van der Waals surface area contributed by atoms with Gasteiger partial charge in [-0.3, -0.25) is 4.79 Å². The Kier molecular flexibility index (Phi) is 3.26. The summed E-state index contributed by atoms with van der Waals surface area (Å²) >= 11 is 1.27. The highest BCUT2D eigenvalue weighted by molar-refractivity contribution is 7.09. The van der Waals surface area contributed by atoms with Gasteiger partial charge in [-0.25, -0.2) is 9.78 Å². The Morgan fingerprint density at radius 1 is 1.42 bits per heavy atom. The van der Waals surface area contributed by atoms with Gasteiger partial charge in [-0.1, -0.05) is 6.42 Å². The molecule has 5 nitrogen and oxygen atoms in total. The van der Waals surface area contributed by atoms with Crippen LogP contribution in [0.3, 0.4) is 0 Å². The smallest absolute Gasteiger partial charge is 0.355 e. The molecule has 2 N–H and O–H groups in total. The maximum atomic E-state index is 12.1. The molecule has 19 heavy (non-hydrogen) atoms. The number of hydrogen-bond acceptors (Lipinski definition) is 4. The predicted molar refractivity (Wildman–Crippen MR) is 69.9 cm³/mol. The number of carboxylic acids is 1. The molecule has 1 heterocycles. The minimum Gasteiger partial charge on any atom is -0.476 e. The lowest BCUT2D eigenvalue weighted by molar-refractivity contribution is -0.126. The highest BCUT2D eigenvalue weighted by Crippen LogP contribution is 2.48. The van der Waals surface area contributed by atoms with Gasteiger partial charge >= 0.3 is 5.97 Å². The second kappa shape index (κ2) is 4.92. The summed E-state index contributed by atoms with van der Waals surface area (Å²) in [5, 5.41) is 13.8. The average molecular weight is 280 g/mol. The number of hydrogen-bond donors (Lipinski definition) is 2. The van der Waals surface area contributed by atoms with Crippen molar-refractivity contribution in [2.45, 2.75) is 32.2 Å². The zero-order chi connectivity index (χ0) is 13.4. The van der Waals surface area contributed by atoms with Crippen molar-refractivity contribution in [3.8, 4) is 0 Å². The standard InChI is InChI=1S/C13H16N2O3S/c16-12(9-4-7-1-2-8(9)3-7)14-5-11-15-10(6-19-11)13(17)18/h6-9H,1-5H2,(H,14,16)(H,17,18)/t7-,8-,9-/m0/s1. The molecule has 6 heteroatoms. The summed E-state index contributed by atoms with van der Waals surface area (Å²) < 4.78 is 0. The molecule has 0 aliphatic heterocycles. The molecule has 1 aromatic rings. The Balaban J connectivity index is 1.54. The summed E-state index contributed by atoms with van der Waals surface area (Å²) in [6.45, 7) is 0.338. The monoisotopic (exact) mass is 280 g/mol. The Morgan fingerprint density at radius 2 is 2.26 bits per heavy atom. The molecule has 0 unspecified atom stereocenters. The minimum atomic E-state index is -1.03. The number of nitrogens with zero attached hydrogens (tertiary/aromatic N) is 1. The minimum absolute atomic E-state index is 0.0502. The quantitative estimate of drug-likeness (QED) is 0.882. The van der Waals surface area contributed by atoms with E-state index in [0.717, 1.165) is 12.3 Å². The van der Waals surface area contributed by atoms with Gasteiger partial charge in [0.05, 0.1) is 6.54 Å². The lowest BCUT2D eigenvalue weighted by Gasteiger charge is -2.20. The average Bonchev–Trinajstić information content (AvgIpc) is 3.11. The Labute approximate surface area is 115 Å². The van der Waals surface area contributed by atoms with Crippen molar-refractivity contribution in [3.05, 3.63) is 16.1 Å². The van der Waals surface area contributed by atoms with Crippen molar-refractivity contribution >= 4 is 23.2 Å². The normalized spacial score (nSPS) is 28.5. The Morgan fingerprint density at radius 3 is 2.84 bits per heavy atom. The molecule has 1 amide bonds. The maximum Gasteiger partial charge on any atom is 0.355 e. The Hall–Kier alpha value is -1.43. The molecule has 2 bridgehead atoms. The van der Waals surface area contributed by atoms with Crippen molar-refractivity contribution in [2.24, 2.45) is 17.8 Å². The second-order valence-electron chi connectivity index (χ2n) is 5.43. The van der Waals surface area contributed by atoms with E-state index in [4.69, 9.17) is 5.11 Å². The van der Waals surface area contributed by atoms with Crippen LogP contribution in [-0.2, 0) is 11.3 Å². The van der Waals surface area contributed by atoms with Crippen LogP contribution in [0.15, 0.2) is 5.38 Å². The van der Waals surface area contributed by atoms with Crippen LogP contribution in [0.4, 0.5) is 0 Å². The first-order chi connectivity index (χ1) is 9.13. The van der Waals surface area contributed by atoms with Crippen LogP contribution in [0, 0.1) is 17.8 Å². The molecule has 1 aromatic heterocycles. The van der Waals surface area contributed by atoms with Crippen molar-refractivity contribution in [1.29, 1.82) is 0 Å². The number of thiazole rings is 1. The van der Waals surface area contributed by atoms with Crippen LogP contribution in [0.1, 0.15) is 41.2 Å². The molecule has 0 saturated heterocycles. The zero-order valence-corrected chi connectivity index (χ0v) is 11.3. The van der Waals surface area contributed by atoms with Crippen LogP contribution in [0.25, 0.3) is 0 Å². The number of aromatic nitrogens is 1. The number of rotatable bonds is 4. The van der Waals surface area contributed by atoms with E-state index in [9.17, 15) is 9.59 Å². The summed E-state index contributed by atoms with van der Waals surface area (Å²) in [5.41, 5.74) is 0.0502. The number of nitrogens with one attached hydrogen (secondary N) is 1. The van der Waals surface area contributed by atoms with E-state index in [-0.39, 0.29) is 17.5 Å². The van der Waals surface area contributed by atoms with E-state index in [1.54, 1.807) is 0 Å². The van der Waals surface area contributed by atoms with E-state index < -0.39 is 5.97 Å². The predicted octanol–water partition coefficient (Wildman–Crippen LogP) is 1.89.